The van der Waals surface area contributed by atoms with Crippen LogP contribution in [0.4, 0.5) is 4.79 Å². The van der Waals surface area contributed by atoms with Gasteiger partial charge in [0.15, 0.2) is 0 Å². The fourth-order valence-corrected chi connectivity index (χ4v) is 5.62. The minimum Gasteiger partial charge on any atom is -0.475 e. The molecule has 1 unspecified atom stereocenters. The Morgan fingerprint density at radius 2 is 1.84 bits per heavy atom. The number of nitrogens with zero attached hydrogens (tertiary/aromatic N) is 2. The van der Waals surface area contributed by atoms with Gasteiger partial charge in [0.2, 0.25) is 5.88 Å². The molecule has 1 saturated carbocycles. The van der Waals surface area contributed by atoms with Crippen LogP contribution >= 0.6 is 0 Å². The summed E-state index contributed by atoms with van der Waals surface area (Å²) < 4.78 is 42.2. The molecule has 1 amide bonds. The monoisotopic (exact) mass is 541 g/mol. The lowest BCUT2D eigenvalue weighted by molar-refractivity contribution is 0.0475. The molecule has 1 heterocycles. The molecule has 1 fully saturated rings. The lowest BCUT2D eigenvalue weighted by Crippen LogP contribution is -2.44. The van der Waals surface area contributed by atoms with E-state index in [0.29, 0.717) is 25.1 Å². The molecule has 2 aliphatic carbocycles. The van der Waals surface area contributed by atoms with Crippen LogP contribution in [0.15, 0.2) is 29.2 Å². The van der Waals surface area contributed by atoms with Crippen LogP contribution in [-0.2, 0) is 38.3 Å². The first-order valence-electron chi connectivity index (χ1n) is 12.9. The number of pyridine rings is 1. The second kappa shape index (κ2) is 10.5. The van der Waals surface area contributed by atoms with Gasteiger partial charge in [-0.2, -0.15) is 13.7 Å². The Bertz CT molecular complexity index is 1350. The summed E-state index contributed by atoms with van der Waals surface area (Å²) >= 11 is 0. The Labute approximate surface area is 224 Å². The molecule has 0 radical (unpaired) electrons. The Morgan fingerprint density at radius 1 is 1.18 bits per heavy atom. The summed E-state index contributed by atoms with van der Waals surface area (Å²) in [5, 5.41) is 12.7. The Kier molecular flexibility index (Phi) is 7.73. The maximum atomic E-state index is 12.7. The number of carbonyl (C=O) groups excluding carboxylic acids is 1. The highest BCUT2D eigenvalue weighted by atomic mass is 32.2. The molecular formula is C28H35N3O6S. The molecule has 0 saturated heterocycles. The van der Waals surface area contributed by atoms with Gasteiger partial charge in [-0.1, -0.05) is 24.6 Å². The topological polar surface area (TPSA) is 128 Å². The summed E-state index contributed by atoms with van der Waals surface area (Å²) in [5.74, 6) is 0.275. The van der Waals surface area contributed by atoms with Crippen LogP contribution in [0.3, 0.4) is 0 Å². The lowest BCUT2D eigenvalue weighted by Gasteiger charge is -2.24. The number of nitrogens with one attached hydrogen (secondary N) is 1. The smallest absolute Gasteiger partial charge is 0.408 e. The molecule has 1 atom stereocenters. The Balaban J connectivity index is 1.45. The quantitative estimate of drug-likeness (QED) is 0.463. The predicted octanol–water partition coefficient (Wildman–Crippen LogP) is 4.38. The van der Waals surface area contributed by atoms with Crippen molar-refractivity contribution in [1.82, 2.24) is 10.3 Å². The predicted molar refractivity (Wildman–Crippen MR) is 140 cm³/mol. The number of benzene rings is 1. The van der Waals surface area contributed by atoms with Gasteiger partial charge < -0.3 is 14.8 Å². The summed E-state index contributed by atoms with van der Waals surface area (Å²) in [6.07, 6.45) is 2.75. The molecule has 0 bridgehead atoms. The first-order valence-corrected chi connectivity index (χ1v) is 14.3. The van der Waals surface area contributed by atoms with Crippen molar-refractivity contribution in [2.24, 2.45) is 5.92 Å². The highest BCUT2D eigenvalue weighted by Gasteiger charge is 2.46. The van der Waals surface area contributed by atoms with E-state index in [1.807, 2.05) is 34.6 Å². The van der Waals surface area contributed by atoms with E-state index >= 15 is 0 Å². The summed E-state index contributed by atoms with van der Waals surface area (Å²) in [4.78, 5) is 16.9. The largest absolute Gasteiger partial charge is 0.475 e. The molecule has 38 heavy (non-hydrogen) atoms. The lowest BCUT2D eigenvalue weighted by atomic mass is 10.0. The third-order valence-electron chi connectivity index (χ3n) is 6.80. The van der Waals surface area contributed by atoms with Crippen LogP contribution in [0, 0.1) is 24.2 Å². The van der Waals surface area contributed by atoms with Gasteiger partial charge in [0.05, 0.1) is 17.0 Å². The summed E-state index contributed by atoms with van der Waals surface area (Å²) in [6.45, 7) is 9.54. The number of hydrogen-bond acceptors (Lipinski definition) is 8. The number of amides is 1. The molecular weight excluding hydrogens is 506 g/mol. The van der Waals surface area contributed by atoms with Gasteiger partial charge in [0, 0.05) is 5.56 Å². The van der Waals surface area contributed by atoms with Crippen LogP contribution in [0.1, 0.15) is 68.5 Å². The second-order valence-electron chi connectivity index (χ2n) is 11.2. The van der Waals surface area contributed by atoms with Crippen LogP contribution in [0.2, 0.25) is 0 Å². The zero-order valence-electron chi connectivity index (χ0n) is 22.6. The zero-order chi connectivity index (χ0) is 27.7. The van der Waals surface area contributed by atoms with E-state index in [2.05, 4.69) is 16.4 Å². The fraction of sp³-hybridized carbons (Fsp3) is 0.536. The van der Waals surface area contributed by atoms with Crippen LogP contribution in [0.5, 0.6) is 5.88 Å². The molecule has 4 rings (SSSR count). The van der Waals surface area contributed by atoms with E-state index in [9.17, 15) is 18.5 Å². The fourth-order valence-electron chi connectivity index (χ4n) is 4.64. The molecule has 1 aromatic carbocycles. The van der Waals surface area contributed by atoms with Crippen LogP contribution in [0.25, 0.3) is 0 Å². The minimum atomic E-state index is -3.88. The first-order chi connectivity index (χ1) is 17.8. The SMILES string of the molecule is CCc1c(OCC2(NC(=O)OC(C)(C)C)CC2)nc(C#N)c2c1CC(COS(=O)(=O)c1ccc(C)cc1)C2. The van der Waals surface area contributed by atoms with E-state index in [1.165, 1.54) is 12.1 Å². The van der Waals surface area contributed by atoms with E-state index < -0.39 is 27.4 Å². The maximum absolute atomic E-state index is 12.7. The van der Waals surface area contributed by atoms with Gasteiger partial charge in [-0.15, -0.1) is 0 Å². The molecule has 2 aliphatic rings. The van der Waals surface area contributed by atoms with Crippen molar-refractivity contribution in [2.75, 3.05) is 13.2 Å². The summed E-state index contributed by atoms with van der Waals surface area (Å²) in [7, 11) is -3.88. The van der Waals surface area contributed by atoms with E-state index in [1.54, 1.807) is 12.1 Å². The number of aryl methyl sites for hydroxylation is 1. The van der Waals surface area contributed by atoms with Gasteiger partial charge in [0.25, 0.3) is 10.1 Å². The van der Waals surface area contributed by atoms with Gasteiger partial charge in [-0.05, 0) is 89.0 Å². The Morgan fingerprint density at radius 3 is 2.42 bits per heavy atom. The van der Waals surface area contributed by atoms with Gasteiger partial charge in [0.1, 0.15) is 24.0 Å². The van der Waals surface area contributed by atoms with Crippen molar-refractivity contribution in [3.05, 3.63) is 52.2 Å². The molecule has 204 valence electrons. The molecule has 9 nitrogen and oxygen atoms in total. The molecule has 10 heteroatoms. The number of aromatic nitrogens is 1. The van der Waals surface area contributed by atoms with E-state index in [0.717, 1.165) is 35.1 Å². The summed E-state index contributed by atoms with van der Waals surface area (Å²) in [6, 6.07) is 8.71. The number of alkyl carbamates (subject to hydrolysis) is 1. The molecule has 1 N–H and O–H groups in total. The van der Waals surface area contributed by atoms with E-state index in [4.69, 9.17) is 13.7 Å². The Hall–Kier alpha value is -3.16. The number of rotatable bonds is 9. The average Bonchev–Trinajstić information content (AvgIpc) is 3.46. The van der Waals surface area contributed by atoms with Gasteiger partial charge in [-0.25, -0.2) is 9.78 Å². The normalized spacial score (nSPS) is 17.8. The summed E-state index contributed by atoms with van der Waals surface area (Å²) in [5.41, 5.74) is 2.83. The zero-order valence-corrected chi connectivity index (χ0v) is 23.4. The van der Waals surface area contributed by atoms with Crippen molar-refractivity contribution in [3.63, 3.8) is 0 Å². The maximum Gasteiger partial charge on any atom is 0.408 e. The minimum absolute atomic E-state index is 0.0119. The van der Waals surface area contributed by atoms with Crippen molar-refractivity contribution in [3.8, 4) is 11.9 Å². The van der Waals surface area contributed by atoms with Crippen LogP contribution < -0.4 is 10.1 Å². The second-order valence-corrected chi connectivity index (χ2v) is 12.8. The number of fused-ring (bicyclic) bond motifs is 1. The average molecular weight is 542 g/mol. The third kappa shape index (κ3) is 6.45. The highest BCUT2D eigenvalue weighted by Crippen LogP contribution is 2.39. The molecule has 2 aromatic rings. The number of hydrogen-bond donors (Lipinski definition) is 1. The van der Waals surface area contributed by atoms with Gasteiger partial charge in [-0.3, -0.25) is 4.18 Å². The number of ether oxygens (including phenoxy) is 2. The van der Waals surface area contributed by atoms with Gasteiger partial charge >= 0.3 is 6.09 Å². The van der Waals surface area contributed by atoms with Crippen LogP contribution in [-0.4, -0.2) is 43.8 Å². The van der Waals surface area contributed by atoms with Crippen molar-refractivity contribution in [2.45, 2.75) is 82.8 Å². The number of carbonyl (C=O) groups is 1. The molecule has 0 aliphatic heterocycles. The van der Waals surface area contributed by atoms with Crippen molar-refractivity contribution >= 4 is 16.2 Å². The molecule has 0 spiro atoms. The van der Waals surface area contributed by atoms with E-state index in [-0.39, 0.29) is 29.7 Å². The van der Waals surface area contributed by atoms with Crippen molar-refractivity contribution in [1.29, 1.82) is 5.26 Å². The first kappa shape index (κ1) is 27.9. The molecule has 1 aromatic heterocycles. The highest BCUT2D eigenvalue weighted by molar-refractivity contribution is 7.86. The standard InChI is InChI=1S/C28H35N3O6S/c1-6-21-22-13-19(16-36-38(33,34)20-9-7-18(2)8-10-20)14-23(22)24(15-29)30-25(21)35-17-28(11-12-28)31-26(32)37-27(3,4)5/h7-10,19H,6,11-14,16-17H2,1-5H3,(H,31,32). The van der Waals surface area contributed by atoms with Crippen molar-refractivity contribution < 1.29 is 26.9 Å². The third-order valence-corrected chi connectivity index (χ3v) is 8.10. The number of nitriles is 1.